The highest BCUT2D eigenvalue weighted by atomic mass is 19.1. The first-order chi connectivity index (χ1) is 18.8. The van der Waals surface area contributed by atoms with Crippen molar-refractivity contribution in [1.82, 2.24) is 35.2 Å². The Morgan fingerprint density at radius 1 is 1.13 bits per heavy atom. The van der Waals surface area contributed by atoms with E-state index in [1.807, 2.05) is 0 Å². The second-order valence-electron chi connectivity index (χ2n) is 9.10. The lowest BCUT2D eigenvalue weighted by atomic mass is 10.1. The zero-order chi connectivity index (χ0) is 27.5. The summed E-state index contributed by atoms with van der Waals surface area (Å²) in [5.74, 6) is -2.52. The summed E-state index contributed by atoms with van der Waals surface area (Å²) in [6.07, 6.45) is 5.95. The number of nitrogens with zero attached hydrogens (tertiary/aromatic N) is 8. The first-order valence-corrected chi connectivity index (χ1v) is 12.2. The van der Waals surface area contributed by atoms with Gasteiger partial charge in [0.05, 0.1) is 31.2 Å². The number of aromatic nitrogens is 5. The van der Waals surface area contributed by atoms with Gasteiger partial charge >= 0.3 is 6.09 Å². The molecule has 15 heteroatoms. The van der Waals surface area contributed by atoms with Crippen LogP contribution in [0.3, 0.4) is 0 Å². The number of rotatable bonds is 7. The van der Waals surface area contributed by atoms with E-state index in [4.69, 9.17) is 4.74 Å². The first-order valence-electron chi connectivity index (χ1n) is 12.2. The number of hydrogen-bond acceptors (Lipinski definition) is 9. The van der Waals surface area contributed by atoms with E-state index >= 15 is 8.78 Å². The van der Waals surface area contributed by atoms with Gasteiger partial charge in [-0.2, -0.15) is 0 Å². The van der Waals surface area contributed by atoms with Crippen LogP contribution in [0.4, 0.5) is 25.0 Å². The van der Waals surface area contributed by atoms with Crippen molar-refractivity contribution in [3.8, 4) is 0 Å². The molecule has 1 aromatic carbocycles. The highest BCUT2D eigenvalue weighted by Crippen LogP contribution is 2.31. The minimum Gasteiger partial charge on any atom is -0.442 e. The fraction of sp³-hybridized carbons (Fsp3) is 0.375. The third-order valence-corrected chi connectivity index (χ3v) is 6.47. The van der Waals surface area contributed by atoms with Crippen molar-refractivity contribution in [3.05, 3.63) is 60.4 Å². The van der Waals surface area contributed by atoms with E-state index in [0.717, 1.165) is 12.1 Å². The maximum atomic E-state index is 15.1. The van der Waals surface area contributed by atoms with Gasteiger partial charge in [0, 0.05) is 56.9 Å². The third-order valence-electron chi connectivity index (χ3n) is 6.47. The Labute approximate surface area is 221 Å². The predicted octanol–water partition coefficient (Wildman–Crippen LogP) is 0.839. The number of amides is 3. The molecular weight excluding hydrogens is 516 g/mol. The third kappa shape index (κ3) is 5.61. The normalized spacial score (nSPS) is 18.2. The van der Waals surface area contributed by atoms with Crippen molar-refractivity contribution >= 4 is 29.3 Å². The molecular formula is C24H25F2N9O4. The standard InChI is InChI=1S/C24H25F2N9O4/c1-15(30-22(36)20-12-27-2-3-28-20)23(37)33-8-6-32(7-9-33)21-18(25)10-16(11-19(21)26)35-14-17(39-24(35)38)13-34-5-4-29-31-34/h2-5,10-12,15,17H,6-9,13-14H2,1H3,(H,30,36)/t15-,17-/m0/s1. The number of nitrogens with one attached hydrogen (secondary N) is 1. The smallest absolute Gasteiger partial charge is 0.414 e. The molecule has 0 radical (unpaired) electrons. The number of carbonyl (C=O) groups excluding carboxylic acids is 3. The van der Waals surface area contributed by atoms with Gasteiger partial charge in [-0.25, -0.2) is 23.2 Å². The number of halogens is 2. The molecule has 0 bridgehead atoms. The number of piperazine rings is 1. The van der Waals surface area contributed by atoms with Gasteiger partial charge in [-0.3, -0.25) is 19.5 Å². The molecule has 0 unspecified atom stereocenters. The Morgan fingerprint density at radius 2 is 1.87 bits per heavy atom. The maximum Gasteiger partial charge on any atom is 0.414 e. The molecule has 0 saturated carbocycles. The van der Waals surface area contributed by atoms with E-state index in [2.05, 4.69) is 25.6 Å². The van der Waals surface area contributed by atoms with Crippen molar-refractivity contribution in [2.75, 3.05) is 42.5 Å². The monoisotopic (exact) mass is 541 g/mol. The molecule has 5 rings (SSSR count). The summed E-state index contributed by atoms with van der Waals surface area (Å²) < 4.78 is 37.1. The summed E-state index contributed by atoms with van der Waals surface area (Å²) in [5, 5.41) is 10.1. The zero-order valence-corrected chi connectivity index (χ0v) is 20.9. The highest BCUT2D eigenvalue weighted by molar-refractivity contribution is 5.95. The number of hydrogen-bond donors (Lipinski definition) is 1. The van der Waals surface area contributed by atoms with Crippen LogP contribution in [0, 0.1) is 11.6 Å². The van der Waals surface area contributed by atoms with Gasteiger partial charge in [0.15, 0.2) is 11.6 Å². The molecule has 0 aliphatic carbocycles. The van der Waals surface area contributed by atoms with Crippen LogP contribution in [0.15, 0.2) is 43.1 Å². The summed E-state index contributed by atoms with van der Waals surface area (Å²) in [4.78, 5) is 49.4. The Kier molecular flexibility index (Phi) is 7.29. The molecule has 2 aliphatic rings. The number of cyclic esters (lactones) is 1. The average molecular weight is 542 g/mol. The van der Waals surface area contributed by atoms with Crippen LogP contribution in [0.1, 0.15) is 17.4 Å². The van der Waals surface area contributed by atoms with Crippen LogP contribution in [0.25, 0.3) is 0 Å². The lowest BCUT2D eigenvalue weighted by Gasteiger charge is -2.37. The van der Waals surface area contributed by atoms with Gasteiger partial charge in [0.1, 0.15) is 23.5 Å². The average Bonchev–Trinajstić information content (AvgIpc) is 3.58. The molecule has 2 fully saturated rings. The van der Waals surface area contributed by atoms with E-state index in [9.17, 15) is 14.4 Å². The molecule has 2 aromatic heterocycles. The number of benzene rings is 1. The van der Waals surface area contributed by atoms with E-state index < -0.39 is 35.8 Å². The van der Waals surface area contributed by atoms with E-state index in [1.165, 1.54) is 44.2 Å². The van der Waals surface area contributed by atoms with Gasteiger partial charge < -0.3 is 19.9 Å². The quantitative estimate of drug-likeness (QED) is 0.461. The van der Waals surface area contributed by atoms with Crippen LogP contribution >= 0.6 is 0 Å². The number of anilines is 2. The predicted molar refractivity (Wildman–Crippen MR) is 132 cm³/mol. The molecule has 39 heavy (non-hydrogen) atoms. The van der Waals surface area contributed by atoms with Crippen molar-refractivity contribution in [2.24, 2.45) is 0 Å². The molecule has 204 valence electrons. The van der Waals surface area contributed by atoms with Crippen molar-refractivity contribution in [3.63, 3.8) is 0 Å². The highest BCUT2D eigenvalue weighted by Gasteiger charge is 2.35. The molecule has 2 aliphatic heterocycles. The van der Waals surface area contributed by atoms with Crippen molar-refractivity contribution < 1.29 is 27.9 Å². The fourth-order valence-electron chi connectivity index (χ4n) is 4.55. The SMILES string of the molecule is C[C@H](NC(=O)c1cnccn1)C(=O)N1CCN(c2c(F)cc(N3C[C@H](Cn4ccnn4)OC3=O)cc2F)CC1. The number of carbonyl (C=O) groups is 3. The maximum absolute atomic E-state index is 15.1. The van der Waals surface area contributed by atoms with E-state index in [-0.39, 0.29) is 62.2 Å². The van der Waals surface area contributed by atoms with Crippen LogP contribution in [0.5, 0.6) is 0 Å². The largest absolute Gasteiger partial charge is 0.442 e. The van der Waals surface area contributed by atoms with Crippen LogP contribution in [-0.4, -0.2) is 92.6 Å². The summed E-state index contributed by atoms with van der Waals surface area (Å²) in [7, 11) is 0. The topological polar surface area (TPSA) is 139 Å². The van der Waals surface area contributed by atoms with Crippen LogP contribution in [-0.2, 0) is 16.1 Å². The van der Waals surface area contributed by atoms with Gasteiger partial charge in [0.25, 0.3) is 5.91 Å². The molecule has 2 atom stereocenters. The van der Waals surface area contributed by atoms with E-state index in [1.54, 1.807) is 13.1 Å². The second-order valence-corrected chi connectivity index (χ2v) is 9.10. The molecule has 3 amide bonds. The molecule has 2 saturated heterocycles. The van der Waals surface area contributed by atoms with Crippen molar-refractivity contribution in [1.29, 1.82) is 0 Å². The minimum absolute atomic E-state index is 0.0429. The van der Waals surface area contributed by atoms with Crippen LogP contribution in [0.2, 0.25) is 0 Å². The fourth-order valence-corrected chi connectivity index (χ4v) is 4.55. The Balaban J connectivity index is 1.19. The summed E-state index contributed by atoms with van der Waals surface area (Å²) >= 11 is 0. The van der Waals surface area contributed by atoms with Gasteiger partial charge in [0.2, 0.25) is 5.91 Å². The van der Waals surface area contributed by atoms with Crippen LogP contribution < -0.4 is 15.1 Å². The van der Waals surface area contributed by atoms with Gasteiger partial charge in [-0.1, -0.05) is 5.21 Å². The molecule has 13 nitrogen and oxygen atoms in total. The Hall–Kier alpha value is -4.69. The summed E-state index contributed by atoms with van der Waals surface area (Å²) in [6.45, 7) is 2.67. The lowest BCUT2D eigenvalue weighted by molar-refractivity contribution is -0.133. The molecule has 3 aromatic rings. The zero-order valence-electron chi connectivity index (χ0n) is 20.9. The molecule has 0 spiro atoms. The summed E-state index contributed by atoms with van der Waals surface area (Å²) in [5.41, 5.74) is -0.104. The second kappa shape index (κ2) is 11.0. The van der Waals surface area contributed by atoms with Gasteiger partial charge in [-0.15, -0.1) is 5.10 Å². The Bertz CT molecular complexity index is 1330. The van der Waals surface area contributed by atoms with Crippen molar-refractivity contribution in [2.45, 2.75) is 25.6 Å². The molecule has 4 heterocycles. The first kappa shape index (κ1) is 25.9. The van der Waals surface area contributed by atoms with Gasteiger partial charge in [-0.05, 0) is 6.92 Å². The number of ether oxygens (including phenoxy) is 1. The van der Waals surface area contributed by atoms with E-state index in [0.29, 0.717) is 0 Å². The minimum atomic E-state index is -0.832. The summed E-state index contributed by atoms with van der Waals surface area (Å²) in [6, 6.07) is 1.37. The molecule has 1 N–H and O–H groups in total. The lowest BCUT2D eigenvalue weighted by Crippen LogP contribution is -2.54. The Morgan fingerprint density at radius 3 is 2.51 bits per heavy atom.